The minimum Gasteiger partial charge on any atom is -0.478 e. The summed E-state index contributed by atoms with van der Waals surface area (Å²) in [6.07, 6.45) is 0. The van der Waals surface area contributed by atoms with Gasteiger partial charge in [0.1, 0.15) is 0 Å². The average Bonchev–Trinajstić information content (AvgIpc) is 2.25. The number of halogens is 1. The lowest BCUT2D eigenvalue weighted by Crippen LogP contribution is -2.24. The van der Waals surface area contributed by atoms with E-state index in [-0.39, 0.29) is 22.0 Å². The third kappa shape index (κ3) is 3.17. The lowest BCUT2D eigenvalue weighted by Gasteiger charge is -2.05. The second kappa shape index (κ2) is 5.14. The van der Waals surface area contributed by atoms with Crippen LogP contribution in [0.25, 0.3) is 0 Å². The van der Waals surface area contributed by atoms with Gasteiger partial charge in [-0.05, 0) is 18.2 Å². The van der Waals surface area contributed by atoms with E-state index < -0.39 is 16.0 Å². The van der Waals surface area contributed by atoms with Crippen LogP contribution in [-0.4, -0.2) is 26.0 Å². The van der Waals surface area contributed by atoms with Crippen molar-refractivity contribution in [2.75, 3.05) is 6.54 Å². The Kier molecular flexibility index (Phi) is 4.07. The van der Waals surface area contributed by atoms with Crippen molar-refractivity contribution in [1.29, 1.82) is 5.26 Å². The van der Waals surface area contributed by atoms with Crippen molar-refractivity contribution in [2.45, 2.75) is 4.90 Å². The van der Waals surface area contributed by atoms with Crippen molar-refractivity contribution < 1.29 is 18.3 Å². The topological polar surface area (TPSA) is 107 Å². The molecule has 0 bridgehead atoms. The van der Waals surface area contributed by atoms with Crippen LogP contribution in [0.15, 0.2) is 23.1 Å². The summed E-state index contributed by atoms with van der Waals surface area (Å²) in [4.78, 5) is 10.5. The molecular formula is C9H7ClN2O4S. The van der Waals surface area contributed by atoms with E-state index in [1.807, 2.05) is 4.72 Å². The van der Waals surface area contributed by atoms with Crippen molar-refractivity contribution in [3.63, 3.8) is 0 Å². The van der Waals surface area contributed by atoms with Crippen molar-refractivity contribution in [1.82, 2.24) is 4.72 Å². The molecule has 1 rings (SSSR count). The molecule has 90 valence electrons. The maximum atomic E-state index is 11.6. The number of sulfonamides is 1. The Bertz CT molecular complexity index is 592. The molecule has 0 spiro atoms. The highest BCUT2D eigenvalue weighted by molar-refractivity contribution is 7.89. The maximum Gasteiger partial charge on any atom is 0.337 e. The molecule has 2 N–H and O–H groups in total. The predicted octanol–water partition coefficient (Wildman–Crippen LogP) is 0.840. The van der Waals surface area contributed by atoms with Crippen molar-refractivity contribution in [3.05, 3.63) is 28.8 Å². The molecule has 0 aliphatic heterocycles. The summed E-state index contributed by atoms with van der Waals surface area (Å²) in [6, 6.07) is 4.83. The number of nitriles is 1. The molecule has 0 saturated heterocycles. The summed E-state index contributed by atoms with van der Waals surface area (Å²) >= 11 is 5.63. The Labute approximate surface area is 102 Å². The van der Waals surface area contributed by atoms with Crippen molar-refractivity contribution >= 4 is 27.6 Å². The Morgan fingerprint density at radius 1 is 1.53 bits per heavy atom. The van der Waals surface area contributed by atoms with Gasteiger partial charge in [-0.15, -0.1) is 0 Å². The van der Waals surface area contributed by atoms with E-state index in [9.17, 15) is 13.2 Å². The zero-order chi connectivity index (χ0) is 13.1. The van der Waals surface area contributed by atoms with E-state index in [1.54, 1.807) is 6.07 Å². The fourth-order valence-electron chi connectivity index (χ4n) is 1.05. The normalized spacial score (nSPS) is 10.8. The first kappa shape index (κ1) is 13.4. The molecule has 1 aromatic rings. The minimum absolute atomic E-state index is 0.183. The van der Waals surface area contributed by atoms with Gasteiger partial charge in [0.25, 0.3) is 0 Å². The monoisotopic (exact) mass is 274 g/mol. The Morgan fingerprint density at radius 2 is 2.18 bits per heavy atom. The van der Waals surface area contributed by atoms with E-state index in [4.69, 9.17) is 22.0 Å². The highest BCUT2D eigenvalue weighted by atomic mass is 35.5. The van der Waals surface area contributed by atoms with Crippen LogP contribution in [0.4, 0.5) is 0 Å². The first-order valence-corrected chi connectivity index (χ1v) is 6.14. The van der Waals surface area contributed by atoms with Crippen molar-refractivity contribution in [2.24, 2.45) is 0 Å². The fraction of sp³-hybridized carbons (Fsp3) is 0.111. The Morgan fingerprint density at radius 3 is 2.65 bits per heavy atom. The summed E-state index contributed by atoms with van der Waals surface area (Å²) in [6.45, 7) is -0.374. The number of nitrogens with one attached hydrogen (secondary N) is 1. The number of nitrogens with zero attached hydrogens (tertiary/aromatic N) is 1. The van der Waals surface area contributed by atoms with Gasteiger partial charge in [0.2, 0.25) is 10.0 Å². The second-order valence-corrected chi connectivity index (χ2v) is 5.10. The third-order valence-corrected chi connectivity index (χ3v) is 3.53. The van der Waals surface area contributed by atoms with Crippen LogP contribution < -0.4 is 4.72 Å². The minimum atomic E-state index is -3.84. The molecule has 0 heterocycles. The van der Waals surface area contributed by atoms with Gasteiger partial charge in [-0.2, -0.15) is 9.98 Å². The molecule has 0 atom stereocenters. The number of aromatic carboxylic acids is 1. The molecule has 0 saturated carbocycles. The van der Waals surface area contributed by atoms with Gasteiger partial charge in [0, 0.05) is 0 Å². The fourth-order valence-corrected chi connectivity index (χ4v) is 2.31. The largest absolute Gasteiger partial charge is 0.478 e. The van der Waals surface area contributed by atoms with Crippen LogP contribution in [0.5, 0.6) is 0 Å². The van der Waals surface area contributed by atoms with Crippen LogP contribution >= 0.6 is 11.6 Å². The van der Waals surface area contributed by atoms with Gasteiger partial charge in [0.05, 0.1) is 28.1 Å². The van der Waals surface area contributed by atoms with Crippen LogP contribution in [0.2, 0.25) is 5.02 Å². The van der Waals surface area contributed by atoms with E-state index >= 15 is 0 Å². The third-order valence-electron chi connectivity index (χ3n) is 1.82. The Balaban J connectivity index is 3.15. The summed E-state index contributed by atoms with van der Waals surface area (Å²) in [5.74, 6) is -1.25. The average molecular weight is 275 g/mol. The van der Waals surface area contributed by atoms with Gasteiger partial charge < -0.3 is 5.11 Å². The lowest BCUT2D eigenvalue weighted by atomic mass is 10.2. The quantitative estimate of drug-likeness (QED) is 0.791. The standard InChI is InChI=1S/C9H7ClN2O4S/c10-8-5-6(1-2-7(8)9(13)14)17(15,16)12-4-3-11/h1-2,5,12H,4H2,(H,13,14). The molecule has 8 heteroatoms. The molecular weight excluding hydrogens is 268 g/mol. The Hall–Kier alpha value is -1.62. The maximum absolute atomic E-state index is 11.6. The van der Waals surface area contributed by atoms with Crippen LogP contribution in [0, 0.1) is 11.3 Å². The van der Waals surface area contributed by atoms with Gasteiger partial charge >= 0.3 is 5.97 Å². The number of rotatable bonds is 4. The van der Waals surface area contributed by atoms with Gasteiger partial charge in [-0.25, -0.2) is 13.2 Å². The zero-order valence-electron chi connectivity index (χ0n) is 8.34. The zero-order valence-corrected chi connectivity index (χ0v) is 9.92. The highest BCUT2D eigenvalue weighted by Crippen LogP contribution is 2.20. The summed E-state index contributed by atoms with van der Waals surface area (Å²) in [5.41, 5.74) is -0.189. The first-order chi connectivity index (χ1) is 7.88. The van der Waals surface area contributed by atoms with Crippen LogP contribution in [-0.2, 0) is 10.0 Å². The van der Waals surface area contributed by atoms with Gasteiger partial charge in [-0.3, -0.25) is 0 Å². The number of carbonyl (C=O) groups is 1. The summed E-state index contributed by atoms with van der Waals surface area (Å²) < 4.78 is 25.1. The molecule has 0 radical (unpaired) electrons. The number of benzene rings is 1. The number of hydrogen-bond acceptors (Lipinski definition) is 4. The van der Waals surface area contributed by atoms with E-state index in [2.05, 4.69) is 0 Å². The number of carboxylic acids is 1. The lowest BCUT2D eigenvalue weighted by molar-refractivity contribution is 0.0697. The predicted molar refractivity (Wildman–Crippen MR) is 59.2 cm³/mol. The number of hydrogen-bond donors (Lipinski definition) is 2. The van der Waals surface area contributed by atoms with E-state index in [0.717, 1.165) is 18.2 Å². The molecule has 6 nitrogen and oxygen atoms in total. The van der Waals surface area contributed by atoms with Gasteiger partial charge in [0.15, 0.2) is 0 Å². The van der Waals surface area contributed by atoms with Crippen LogP contribution in [0.1, 0.15) is 10.4 Å². The smallest absolute Gasteiger partial charge is 0.337 e. The highest BCUT2D eigenvalue weighted by Gasteiger charge is 2.17. The summed E-state index contributed by atoms with van der Waals surface area (Å²) in [7, 11) is -3.84. The summed E-state index contributed by atoms with van der Waals surface area (Å²) in [5, 5.41) is 16.8. The molecule has 0 aliphatic rings. The molecule has 0 unspecified atom stereocenters. The van der Waals surface area contributed by atoms with E-state index in [1.165, 1.54) is 0 Å². The van der Waals surface area contributed by atoms with Gasteiger partial charge in [-0.1, -0.05) is 11.6 Å². The molecule has 1 aromatic carbocycles. The first-order valence-electron chi connectivity index (χ1n) is 4.28. The molecule has 17 heavy (non-hydrogen) atoms. The molecule has 0 amide bonds. The second-order valence-electron chi connectivity index (χ2n) is 2.93. The SMILES string of the molecule is N#CCNS(=O)(=O)c1ccc(C(=O)O)c(Cl)c1. The van der Waals surface area contributed by atoms with E-state index in [0.29, 0.717) is 0 Å². The van der Waals surface area contributed by atoms with Crippen molar-refractivity contribution in [3.8, 4) is 6.07 Å². The van der Waals surface area contributed by atoms with Crippen LogP contribution in [0.3, 0.4) is 0 Å². The number of carboxylic acid groups (broad SMARTS) is 1. The molecule has 0 fully saturated rings. The molecule has 0 aromatic heterocycles. The molecule has 0 aliphatic carbocycles.